The third kappa shape index (κ3) is 2.28. The van der Waals surface area contributed by atoms with Crippen molar-refractivity contribution in [2.45, 2.75) is 25.4 Å². The number of rotatable bonds is 4. The number of ether oxygens (including phenoxy) is 1. The predicted octanol–water partition coefficient (Wildman–Crippen LogP) is 1.14. The van der Waals surface area contributed by atoms with Gasteiger partial charge in [0.2, 0.25) is 5.89 Å². The van der Waals surface area contributed by atoms with Crippen molar-refractivity contribution in [3.8, 4) is 5.75 Å². The first-order chi connectivity index (χ1) is 9.73. The molecular weight excluding hydrogens is 258 g/mol. The summed E-state index contributed by atoms with van der Waals surface area (Å²) >= 11 is 0. The number of aryl methyl sites for hydroxylation is 1. The Labute approximate surface area is 116 Å². The van der Waals surface area contributed by atoms with Crippen molar-refractivity contribution in [2.24, 2.45) is 0 Å². The minimum absolute atomic E-state index is 0.00972. The Balaban J connectivity index is 1.85. The molecule has 1 aromatic carbocycles. The highest BCUT2D eigenvalue weighted by molar-refractivity contribution is 5.41. The van der Waals surface area contributed by atoms with Gasteiger partial charge >= 0.3 is 0 Å². The van der Waals surface area contributed by atoms with Gasteiger partial charge in [0.1, 0.15) is 5.75 Å². The summed E-state index contributed by atoms with van der Waals surface area (Å²) in [6.07, 6.45) is 0.692. The Morgan fingerprint density at radius 1 is 1.40 bits per heavy atom. The smallest absolute Gasteiger partial charge is 0.223 e. The van der Waals surface area contributed by atoms with E-state index in [4.69, 9.17) is 9.26 Å². The predicted molar refractivity (Wildman–Crippen MR) is 71.2 cm³/mol. The van der Waals surface area contributed by atoms with E-state index < -0.39 is 5.54 Å². The Hall–Kier alpha value is -1.92. The van der Waals surface area contributed by atoms with Crippen LogP contribution >= 0.6 is 0 Å². The molecule has 1 aliphatic heterocycles. The first-order valence-corrected chi connectivity index (χ1v) is 6.61. The summed E-state index contributed by atoms with van der Waals surface area (Å²) < 4.78 is 10.6. The third-order valence-corrected chi connectivity index (χ3v) is 3.61. The zero-order valence-corrected chi connectivity index (χ0v) is 11.3. The number of hydrogen-bond acceptors (Lipinski definition) is 6. The van der Waals surface area contributed by atoms with Crippen LogP contribution in [0.5, 0.6) is 5.75 Å². The molecule has 0 radical (unpaired) electrons. The lowest BCUT2D eigenvalue weighted by molar-refractivity contribution is 0.105. The number of fused-ring (bicyclic) bond motifs is 1. The fourth-order valence-corrected chi connectivity index (χ4v) is 2.52. The molecule has 106 valence electrons. The lowest BCUT2D eigenvalue weighted by Crippen LogP contribution is -2.48. The summed E-state index contributed by atoms with van der Waals surface area (Å²) in [5, 5.41) is 17.1. The van der Waals surface area contributed by atoms with Crippen molar-refractivity contribution in [1.82, 2.24) is 15.5 Å². The van der Waals surface area contributed by atoms with Crippen LogP contribution in [0.4, 0.5) is 0 Å². The van der Waals surface area contributed by atoms with Crippen molar-refractivity contribution >= 4 is 0 Å². The number of nitrogens with one attached hydrogen (secondary N) is 1. The van der Waals surface area contributed by atoms with Crippen LogP contribution < -0.4 is 10.1 Å². The Kier molecular flexibility index (Phi) is 3.42. The molecule has 1 aromatic heterocycles. The summed E-state index contributed by atoms with van der Waals surface area (Å²) in [5.41, 5.74) is 0.442. The van der Waals surface area contributed by atoms with Gasteiger partial charge in [0.15, 0.2) is 5.82 Å². The monoisotopic (exact) mass is 275 g/mol. The van der Waals surface area contributed by atoms with E-state index in [1.165, 1.54) is 0 Å². The van der Waals surface area contributed by atoms with Gasteiger partial charge in [0.05, 0.1) is 25.3 Å². The molecule has 6 heteroatoms. The number of benzene rings is 1. The number of aromatic nitrogens is 2. The van der Waals surface area contributed by atoms with Crippen LogP contribution in [0, 0.1) is 6.92 Å². The van der Waals surface area contributed by atoms with Crippen LogP contribution in [0.1, 0.15) is 23.7 Å². The minimum Gasteiger partial charge on any atom is -0.493 e. The van der Waals surface area contributed by atoms with Crippen LogP contribution in [0.2, 0.25) is 0 Å². The van der Waals surface area contributed by atoms with Crippen molar-refractivity contribution in [2.75, 3.05) is 13.2 Å². The third-order valence-electron chi connectivity index (χ3n) is 3.61. The molecule has 1 aliphatic rings. The normalized spacial score (nSPS) is 21.3. The Morgan fingerprint density at radius 3 is 3.00 bits per heavy atom. The van der Waals surface area contributed by atoms with E-state index in [9.17, 15) is 5.11 Å². The molecule has 2 heterocycles. The van der Waals surface area contributed by atoms with Crippen molar-refractivity contribution in [3.05, 3.63) is 41.5 Å². The fraction of sp³-hybridized carbons (Fsp3) is 0.429. The molecule has 2 aromatic rings. The molecule has 0 fully saturated rings. The van der Waals surface area contributed by atoms with Crippen LogP contribution in [-0.4, -0.2) is 28.5 Å². The van der Waals surface area contributed by atoms with Crippen molar-refractivity contribution < 1.29 is 14.4 Å². The highest BCUT2D eigenvalue weighted by Crippen LogP contribution is 2.36. The van der Waals surface area contributed by atoms with Gasteiger partial charge in [-0.1, -0.05) is 23.4 Å². The van der Waals surface area contributed by atoms with E-state index in [0.29, 0.717) is 31.3 Å². The highest BCUT2D eigenvalue weighted by Gasteiger charge is 2.37. The van der Waals surface area contributed by atoms with Gasteiger partial charge in [0.25, 0.3) is 0 Å². The summed E-state index contributed by atoms with van der Waals surface area (Å²) in [7, 11) is 0. The van der Waals surface area contributed by atoms with Crippen LogP contribution in [-0.2, 0) is 12.1 Å². The lowest BCUT2D eigenvalue weighted by atomic mass is 9.85. The zero-order chi connectivity index (χ0) is 14.0. The topological polar surface area (TPSA) is 80.4 Å². The lowest BCUT2D eigenvalue weighted by Gasteiger charge is -2.38. The summed E-state index contributed by atoms with van der Waals surface area (Å²) in [6.45, 7) is 2.74. The molecule has 0 amide bonds. The van der Waals surface area contributed by atoms with E-state index in [0.717, 1.165) is 11.3 Å². The quantitative estimate of drug-likeness (QED) is 0.871. The van der Waals surface area contributed by atoms with Crippen LogP contribution in [0.3, 0.4) is 0 Å². The molecule has 0 aliphatic carbocycles. The maximum Gasteiger partial charge on any atom is 0.223 e. The van der Waals surface area contributed by atoms with Gasteiger partial charge in [-0.05, 0) is 6.07 Å². The SMILES string of the molecule is Cc1nc(CN[C@]2(CO)CCOc3ccccc32)no1. The second-order valence-electron chi connectivity index (χ2n) is 4.92. The second kappa shape index (κ2) is 5.22. The maximum absolute atomic E-state index is 9.89. The van der Waals surface area contributed by atoms with E-state index in [1.807, 2.05) is 24.3 Å². The van der Waals surface area contributed by atoms with E-state index in [-0.39, 0.29) is 6.61 Å². The summed E-state index contributed by atoms with van der Waals surface area (Å²) in [5.74, 6) is 1.93. The van der Waals surface area contributed by atoms with Gasteiger partial charge in [0, 0.05) is 18.9 Å². The van der Waals surface area contributed by atoms with E-state index >= 15 is 0 Å². The molecular formula is C14H17N3O3. The molecule has 20 heavy (non-hydrogen) atoms. The molecule has 2 N–H and O–H groups in total. The van der Waals surface area contributed by atoms with Gasteiger partial charge in [-0.15, -0.1) is 0 Å². The minimum atomic E-state index is -0.524. The average Bonchev–Trinajstić information content (AvgIpc) is 2.91. The number of aliphatic hydroxyl groups is 1. The molecule has 1 atom stereocenters. The number of nitrogens with zero attached hydrogens (tertiary/aromatic N) is 2. The van der Waals surface area contributed by atoms with E-state index in [1.54, 1.807) is 6.92 Å². The molecule has 0 bridgehead atoms. The Bertz CT molecular complexity index is 599. The van der Waals surface area contributed by atoms with Gasteiger partial charge < -0.3 is 14.4 Å². The van der Waals surface area contributed by atoms with Crippen LogP contribution in [0.25, 0.3) is 0 Å². The van der Waals surface area contributed by atoms with Crippen molar-refractivity contribution in [1.29, 1.82) is 0 Å². The summed E-state index contributed by atoms with van der Waals surface area (Å²) in [6, 6.07) is 7.76. The van der Waals surface area contributed by atoms with Crippen molar-refractivity contribution in [3.63, 3.8) is 0 Å². The molecule has 3 rings (SSSR count). The Morgan fingerprint density at radius 2 is 2.25 bits per heavy atom. The van der Waals surface area contributed by atoms with Gasteiger partial charge in [-0.2, -0.15) is 4.98 Å². The fourth-order valence-electron chi connectivity index (χ4n) is 2.52. The van der Waals surface area contributed by atoms with Gasteiger partial charge in [-0.25, -0.2) is 0 Å². The highest BCUT2D eigenvalue weighted by atomic mass is 16.5. The largest absolute Gasteiger partial charge is 0.493 e. The second-order valence-corrected chi connectivity index (χ2v) is 4.92. The molecule has 0 spiro atoms. The molecule has 0 saturated carbocycles. The average molecular weight is 275 g/mol. The number of para-hydroxylation sites is 1. The first-order valence-electron chi connectivity index (χ1n) is 6.61. The maximum atomic E-state index is 9.89. The zero-order valence-electron chi connectivity index (χ0n) is 11.3. The first kappa shape index (κ1) is 13.1. The standard InChI is InChI=1S/C14H17N3O3/c1-10-16-13(17-20-10)8-15-14(9-18)6-7-19-12-5-3-2-4-11(12)14/h2-5,15,18H,6-9H2,1H3/t14-/m0/s1. The van der Waals surface area contributed by atoms with E-state index in [2.05, 4.69) is 15.5 Å². The molecule has 0 saturated heterocycles. The molecule has 6 nitrogen and oxygen atoms in total. The number of aliphatic hydroxyl groups excluding tert-OH is 1. The van der Waals surface area contributed by atoms with Crippen LogP contribution in [0.15, 0.2) is 28.8 Å². The summed E-state index contributed by atoms with van der Waals surface area (Å²) in [4.78, 5) is 4.16. The van der Waals surface area contributed by atoms with Gasteiger partial charge in [-0.3, -0.25) is 5.32 Å². The molecule has 0 unspecified atom stereocenters. The number of hydrogen-bond donors (Lipinski definition) is 2.